The van der Waals surface area contributed by atoms with Crippen molar-refractivity contribution < 1.29 is 13.9 Å². The molecule has 1 aliphatic carbocycles. The number of hydrogen-bond donors (Lipinski definition) is 1. The third-order valence-corrected chi connectivity index (χ3v) is 5.09. The van der Waals surface area contributed by atoms with Gasteiger partial charge in [-0.1, -0.05) is 0 Å². The van der Waals surface area contributed by atoms with Crippen molar-refractivity contribution >= 4 is 34.4 Å². The predicted octanol–water partition coefficient (Wildman–Crippen LogP) is 4.95. The highest BCUT2D eigenvalue weighted by Crippen LogP contribution is 2.28. The number of hydrogen-bond acceptors (Lipinski definition) is 3. The van der Waals surface area contributed by atoms with E-state index in [0.717, 1.165) is 35.8 Å². The highest BCUT2D eigenvalue weighted by atomic mass is 127. The van der Waals surface area contributed by atoms with Gasteiger partial charge >= 0.3 is 6.09 Å². The number of rotatable bonds is 4. The zero-order chi connectivity index (χ0) is 18.6. The average molecular weight is 462 g/mol. The predicted molar refractivity (Wildman–Crippen MR) is 108 cm³/mol. The summed E-state index contributed by atoms with van der Waals surface area (Å²) in [6.45, 7) is 6.42. The van der Waals surface area contributed by atoms with Crippen molar-refractivity contribution in [1.29, 1.82) is 0 Å². The van der Waals surface area contributed by atoms with Crippen molar-refractivity contribution in [3.63, 3.8) is 0 Å². The Hall–Kier alpha value is -1.05. The fourth-order valence-corrected chi connectivity index (χ4v) is 3.69. The Morgan fingerprint density at radius 1 is 1.32 bits per heavy atom. The smallest absolute Gasteiger partial charge is 0.407 e. The summed E-state index contributed by atoms with van der Waals surface area (Å²) >= 11 is 2.12. The van der Waals surface area contributed by atoms with Gasteiger partial charge in [0.05, 0.1) is 5.69 Å². The summed E-state index contributed by atoms with van der Waals surface area (Å²) in [4.78, 5) is 13.9. The third kappa shape index (κ3) is 6.64. The number of ether oxygens (including phenoxy) is 1. The second-order valence-corrected chi connectivity index (χ2v) is 9.09. The van der Waals surface area contributed by atoms with E-state index in [9.17, 15) is 9.18 Å². The van der Waals surface area contributed by atoms with E-state index in [1.807, 2.05) is 44.9 Å². The maximum absolute atomic E-state index is 14.1. The average Bonchev–Trinajstić information content (AvgIpc) is 2.47. The lowest BCUT2D eigenvalue weighted by atomic mass is 9.85. The molecular weight excluding hydrogens is 434 g/mol. The number of benzene rings is 1. The zero-order valence-electron chi connectivity index (χ0n) is 15.4. The lowest BCUT2D eigenvalue weighted by Crippen LogP contribution is -2.42. The van der Waals surface area contributed by atoms with Crippen LogP contribution in [-0.4, -0.2) is 31.3 Å². The second kappa shape index (κ2) is 8.56. The van der Waals surface area contributed by atoms with Crippen LogP contribution in [0, 0.1) is 15.3 Å². The van der Waals surface area contributed by atoms with Crippen molar-refractivity contribution in [2.24, 2.45) is 5.92 Å². The van der Waals surface area contributed by atoms with Crippen LogP contribution in [0.2, 0.25) is 0 Å². The first kappa shape index (κ1) is 20.3. The molecule has 2 rings (SSSR count). The summed E-state index contributed by atoms with van der Waals surface area (Å²) in [5.41, 5.74) is 0.177. The van der Waals surface area contributed by atoms with Crippen LogP contribution in [0.1, 0.15) is 46.5 Å². The summed E-state index contributed by atoms with van der Waals surface area (Å²) < 4.78 is 20.3. The van der Waals surface area contributed by atoms with Gasteiger partial charge in [-0.2, -0.15) is 0 Å². The van der Waals surface area contributed by atoms with E-state index in [2.05, 4.69) is 27.9 Å². The van der Waals surface area contributed by atoms with Crippen LogP contribution >= 0.6 is 22.6 Å². The minimum absolute atomic E-state index is 0.172. The normalized spacial score (nSPS) is 20.9. The van der Waals surface area contributed by atoms with Gasteiger partial charge in [-0.15, -0.1) is 0 Å². The van der Waals surface area contributed by atoms with Gasteiger partial charge in [-0.3, -0.25) is 0 Å². The topological polar surface area (TPSA) is 41.6 Å². The highest BCUT2D eigenvalue weighted by molar-refractivity contribution is 14.1. The van der Waals surface area contributed by atoms with Crippen LogP contribution in [-0.2, 0) is 4.74 Å². The summed E-state index contributed by atoms with van der Waals surface area (Å²) in [5, 5.41) is 2.96. The Kier molecular flexibility index (Phi) is 6.93. The first-order valence-corrected chi connectivity index (χ1v) is 9.87. The zero-order valence-corrected chi connectivity index (χ0v) is 17.6. The summed E-state index contributed by atoms with van der Waals surface area (Å²) in [7, 11) is 1.94. The van der Waals surface area contributed by atoms with Crippen LogP contribution in [0.4, 0.5) is 14.9 Å². The molecule has 1 amide bonds. The number of carbonyl (C=O) groups is 1. The van der Waals surface area contributed by atoms with Crippen molar-refractivity contribution in [2.45, 2.75) is 58.1 Å². The van der Waals surface area contributed by atoms with Gasteiger partial charge in [0, 0.05) is 23.2 Å². The van der Waals surface area contributed by atoms with Gasteiger partial charge < -0.3 is 15.0 Å². The molecule has 140 valence electrons. The molecule has 0 saturated heterocycles. The number of nitrogens with zero attached hydrogens (tertiary/aromatic N) is 1. The molecule has 0 aromatic heterocycles. The number of alkyl carbamates (subject to hydrolysis) is 1. The number of carbonyl (C=O) groups excluding carboxylic acids is 1. The van der Waals surface area contributed by atoms with Crippen molar-refractivity contribution in [2.75, 3.05) is 18.5 Å². The molecule has 0 spiro atoms. The first-order chi connectivity index (χ1) is 11.6. The van der Waals surface area contributed by atoms with E-state index < -0.39 is 5.60 Å². The summed E-state index contributed by atoms with van der Waals surface area (Å²) in [6, 6.07) is 5.50. The number of nitrogens with one attached hydrogen (secondary N) is 1. The van der Waals surface area contributed by atoms with E-state index in [4.69, 9.17) is 4.74 Å². The fourth-order valence-electron chi connectivity index (χ4n) is 3.24. The Labute approximate surface area is 163 Å². The van der Waals surface area contributed by atoms with Crippen LogP contribution in [0.3, 0.4) is 0 Å². The van der Waals surface area contributed by atoms with Crippen LogP contribution in [0.15, 0.2) is 18.2 Å². The van der Waals surface area contributed by atoms with Gasteiger partial charge in [0.15, 0.2) is 0 Å². The maximum Gasteiger partial charge on any atom is 0.407 e. The summed E-state index contributed by atoms with van der Waals surface area (Å²) in [5.74, 6) is 0.343. The Morgan fingerprint density at radius 3 is 2.52 bits per heavy atom. The van der Waals surface area contributed by atoms with Gasteiger partial charge in [0.25, 0.3) is 0 Å². The molecule has 0 atom stereocenters. The first-order valence-electron chi connectivity index (χ1n) is 8.80. The quantitative estimate of drug-likeness (QED) is 0.644. The molecule has 0 bridgehead atoms. The minimum Gasteiger partial charge on any atom is -0.444 e. The van der Waals surface area contributed by atoms with Gasteiger partial charge in [-0.05, 0) is 93.2 Å². The number of amides is 1. The fraction of sp³-hybridized carbons (Fsp3) is 0.632. The van der Waals surface area contributed by atoms with Gasteiger partial charge in [0.2, 0.25) is 0 Å². The van der Waals surface area contributed by atoms with Crippen molar-refractivity contribution in [1.82, 2.24) is 5.32 Å². The minimum atomic E-state index is -0.471. The summed E-state index contributed by atoms with van der Waals surface area (Å²) in [6.07, 6.45) is 3.59. The van der Waals surface area contributed by atoms with E-state index in [1.165, 1.54) is 0 Å². The molecule has 0 aliphatic heterocycles. The second-order valence-electron chi connectivity index (χ2n) is 7.84. The molecule has 1 N–H and O–H groups in total. The number of anilines is 1. The van der Waals surface area contributed by atoms with Crippen LogP contribution in [0.25, 0.3) is 0 Å². The molecule has 1 aliphatic rings. The Balaban J connectivity index is 1.79. The molecule has 1 aromatic rings. The SMILES string of the molecule is CN(CC1CCC(NC(=O)OC(C)(C)C)CC1)c1ccc(I)cc1F. The van der Waals surface area contributed by atoms with Crippen molar-refractivity contribution in [3.8, 4) is 0 Å². The standard InChI is InChI=1S/C19H28FIN2O2/c1-19(2,3)25-18(24)22-15-8-5-13(6-9-15)12-23(4)17-10-7-14(21)11-16(17)20/h7,10-11,13,15H,5-6,8-9,12H2,1-4H3,(H,22,24). The lowest BCUT2D eigenvalue weighted by Gasteiger charge is -2.33. The maximum atomic E-state index is 14.1. The van der Waals surface area contributed by atoms with Crippen LogP contribution in [0.5, 0.6) is 0 Å². The van der Waals surface area contributed by atoms with Crippen molar-refractivity contribution in [3.05, 3.63) is 27.6 Å². The van der Waals surface area contributed by atoms with Gasteiger partial charge in [-0.25, -0.2) is 9.18 Å². The van der Waals surface area contributed by atoms with E-state index in [-0.39, 0.29) is 18.0 Å². The van der Waals surface area contributed by atoms with E-state index in [1.54, 1.807) is 6.07 Å². The molecule has 6 heteroatoms. The van der Waals surface area contributed by atoms with E-state index in [0.29, 0.717) is 11.6 Å². The Bertz CT molecular complexity index is 596. The highest BCUT2D eigenvalue weighted by Gasteiger charge is 2.25. The molecule has 4 nitrogen and oxygen atoms in total. The molecule has 0 radical (unpaired) electrons. The van der Waals surface area contributed by atoms with Crippen LogP contribution < -0.4 is 10.2 Å². The molecule has 1 aromatic carbocycles. The molecule has 0 heterocycles. The lowest BCUT2D eigenvalue weighted by molar-refractivity contribution is 0.0487. The largest absolute Gasteiger partial charge is 0.444 e. The van der Waals surface area contributed by atoms with Gasteiger partial charge in [0.1, 0.15) is 11.4 Å². The Morgan fingerprint density at radius 2 is 1.96 bits per heavy atom. The number of halogens is 2. The molecule has 1 saturated carbocycles. The molecule has 25 heavy (non-hydrogen) atoms. The molecule has 1 fully saturated rings. The van der Waals surface area contributed by atoms with E-state index >= 15 is 0 Å². The molecule has 0 unspecified atom stereocenters. The third-order valence-electron chi connectivity index (χ3n) is 4.42. The molecular formula is C19H28FIN2O2. The monoisotopic (exact) mass is 462 g/mol.